The lowest BCUT2D eigenvalue weighted by Crippen LogP contribution is -2.31. The van der Waals surface area contributed by atoms with E-state index in [0.29, 0.717) is 13.2 Å². The molecule has 5 nitrogen and oxygen atoms in total. The van der Waals surface area contributed by atoms with Crippen molar-refractivity contribution in [2.24, 2.45) is 0 Å². The fourth-order valence-corrected chi connectivity index (χ4v) is 1.44. The van der Waals surface area contributed by atoms with Gasteiger partial charge in [-0.15, -0.1) is 0 Å². The van der Waals surface area contributed by atoms with Gasteiger partial charge in [0.1, 0.15) is 11.6 Å². The zero-order valence-corrected chi connectivity index (χ0v) is 11.0. The molecule has 1 amide bonds. The fraction of sp³-hybridized carbons (Fsp3) is 0.417. The summed E-state index contributed by atoms with van der Waals surface area (Å²) >= 11 is 5.73. The van der Waals surface area contributed by atoms with E-state index in [9.17, 15) is 9.18 Å². The summed E-state index contributed by atoms with van der Waals surface area (Å²) in [6.07, 6.45) is 0. The van der Waals surface area contributed by atoms with E-state index in [1.165, 1.54) is 12.1 Å². The largest absolute Gasteiger partial charge is 0.482 e. The van der Waals surface area contributed by atoms with Crippen LogP contribution in [0.1, 0.15) is 0 Å². The molecule has 1 rings (SSSR count). The summed E-state index contributed by atoms with van der Waals surface area (Å²) in [6, 6.07) is 3.66. The van der Waals surface area contributed by atoms with Crippen LogP contribution in [0.15, 0.2) is 18.2 Å². The number of hydrogen-bond acceptors (Lipinski definition) is 4. The minimum Gasteiger partial charge on any atom is -0.482 e. The second kappa shape index (κ2) is 8.68. The molecule has 0 atom stereocenters. The molecule has 7 heteroatoms. The molecule has 0 unspecified atom stereocenters. The van der Waals surface area contributed by atoms with Gasteiger partial charge in [-0.2, -0.15) is 0 Å². The van der Waals surface area contributed by atoms with Gasteiger partial charge in [0.25, 0.3) is 5.91 Å². The average molecular weight is 292 g/mol. The highest BCUT2D eigenvalue weighted by molar-refractivity contribution is 6.32. The van der Waals surface area contributed by atoms with Crippen molar-refractivity contribution in [2.45, 2.75) is 0 Å². The summed E-state index contributed by atoms with van der Waals surface area (Å²) in [5.74, 6) is -0.564. The smallest absolute Gasteiger partial charge is 0.258 e. The Bertz CT molecular complexity index is 417. The Morgan fingerprint density at radius 1 is 1.42 bits per heavy atom. The maximum absolute atomic E-state index is 12.8. The van der Waals surface area contributed by atoms with Gasteiger partial charge in [0.2, 0.25) is 0 Å². The van der Waals surface area contributed by atoms with Gasteiger partial charge in [-0.05, 0) is 18.2 Å². The third kappa shape index (κ3) is 6.37. The van der Waals surface area contributed by atoms with Crippen molar-refractivity contribution in [3.05, 3.63) is 29.0 Å². The maximum atomic E-state index is 12.8. The molecule has 1 aromatic rings. The molecule has 0 spiro atoms. The van der Waals surface area contributed by atoms with Crippen LogP contribution in [-0.4, -0.2) is 44.0 Å². The van der Waals surface area contributed by atoms with Crippen molar-refractivity contribution in [1.29, 1.82) is 0 Å². The molecule has 19 heavy (non-hydrogen) atoms. The van der Waals surface area contributed by atoms with Crippen molar-refractivity contribution < 1.29 is 23.8 Å². The van der Waals surface area contributed by atoms with E-state index in [-0.39, 0.29) is 36.5 Å². The molecular weight excluding hydrogens is 277 g/mol. The third-order valence-corrected chi connectivity index (χ3v) is 2.35. The van der Waals surface area contributed by atoms with Crippen molar-refractivity contribution in [3.8, 4) is 5.75 Å². The highest BCUT2D eigenvalue weighted by atomic mass is 35.5. The van der Waals surface area contributed by atoms with Crippen LogP contribution in [0.3, 0.4) is 0 Å². The van der Waals surface area contributed by atoms with E-state index >= 15 is 0 Å². The Labute approximate surface area is 115 Å². The van der Waals surface area contributed by atoms with Crippen LogP contribution in [0.2, 0.25) is 5.02 Å². The molecular formula is C12H15ClFNO4. The van der Waals surface area contributed by atoms with E-state index < -0.39 is 5.82 Å². The summed E-state index contributed by atoms with van der Waals surface area (Å²) < 4.78 is 22.9. The summed E-state index contributed by atoms with van der Waals surface area (Å²) in [6.45, 7) is 0.589. The lowest BCUT2D eigenvalue weighted by molar-refractivity contribution is -0.123. The zero-order chi connectivity index (χ0) is 14.1. The first-order valence-electron chi connectivity index (χ1n) is 5.66. The predicted octanol–water partition coefficient (Wildman–Crippen LogP) is 0.983. The Balaban J connectivity index is 2.22. The first-order valence-corrected chi connectivity index (χ1v) is 6.04. The quantitative estimate of drug-likeness (QED) is 0.701. The molecule has 0 aromatic heterocycles. The first kappa shape index (κ1) is 15.7. The van der Waals surface area contributed by atoms with Gasteiger partial charge in [0.15, 0.2) is 6.61 Å². The lowest BCUT2D eigenvalue weighted by Gasteiger charge is -2.08. The van der Waals surface area contributed by atoms with E-state index in [4.69, 9.17) is 26.2 Å². The number of nitrogens with one attached hydrogen (secondary N) is 1. The number of aliphatic hydroxyl groups is 1. The zero-order valence-electron chi connectivity index (χ0n) is 10.2. The Kier molecular flexibility index (Phi) is 7.17. The lowest BCUT2D eigenvalue weighted by atomic mass is 10.3. The summed E-state index contributed by atoms with van der Waals surface area (Å²) in [5, 5.41) is 11.1. The summed E-state index contributed by atoms with van der Waals surface area (Å²) in [5.41, 5.74) is 0. The van der Waals surface area contributed by atoms with Gasteiger partial charge in [-0.1, -0.05) is 11.6 Å². The van der Waals surface area contributed by atoms with Gasteiger partial charge < -0.3 is 19.9 Å². The Hall–Kier alpha value is -1.37. The van der Waals surface area contributed by atoms with Crippen LogP contribution in [0.25, 0.3) is 0 Å². The average Bonchev–Trinajstić information content (AvgIpc) is 2.37. The number of amides is 1. The molecule has 0 saturated heterocycles. The second-order valence-electron chi connectivity index (χ2n) is 3.55. The number of halogens is 2. The first-order chi connectivity index (χ1) is 9.13. The van der Waals surface area contributed by atoms with Crippen LogP contribution in [0.5, 0.6) is 5.75 Å². The van der Waals surface area contributed by atoms with E-state index in [2.05, 4.69) is 5.32 Å². The molecule has 0 radical (unpaired) electrons. The van der Waals surface area contributed by atoms with Crippen molar-refractivity contribution >= 4 is 17.5 Å². The monoisotopic (exact) mass is 291 g/mol. The van der Waals surface area contributed by atoms with E-state index in [1.54, 1.807) is 0 Å². The highest BCUT2D eigenvalue weighted by Gasteiger charge is 2.06. The minimum atomic E-state index is -0.470. The predicted molar refractivity (Wildman–Crippen MR) is 67.8 cm³/mol. The SMILES string of the molecule is O=C(COc1ccc(F)cc1Cl)NCCOCCO. The highest BCUT2D eigenvalue weighted by Crippen LogP contribution is 2.24. The van der Waals surface area contributed by atoms with Gasteiger partial charge in [-0.25, -0.2) is 4.39 Å². The molecule has 0 aliphatic rings. The molecule has 0 saturated carbocycles. The molecule has 0 heterocycles. The number of carbonyl (C=O) groups excluding carboxylic acids is 1. The van der Waals surface area contributed by atoms with Crippen LogP contribution >= 0.6 is 11.6 Å². The number of benzene rings is 1. The van der Waals surface area contributed by atoms with Gasteiger partial charge in [-0.3, -0.25) is 4.79 Å². The van der Waals surface area contributed by atoms with Gasteiger partial charge in [0.05, 0.1) is 24.8 Å². The topological polar surface area (TPSA) is 67.8 Å². The molecule has 2 N–H and O–H groups in total. The van der Waals surface area contributed by atoms with Gasteiger partial charge in [0, 0.05) is 6.54 Å². The molecule has 106 valence electrons. The van der Waals surface area contributed by atoms with Crippen molar-refractivity contribution in [1.82, 2.24) is 5.32 Å². The number of hydrogen-bond donors (Lipinski definition) is 2. The van der Waals surface area contributed by atoms with Crippen molar-refractivity contribution in [3.63, 3.8) is 0 Å². The molecule has 0 bridgehead atoms. The van der Waals surface area contributed by atoms with Crippen LogP contribution in [-0.2, 0) is 9.53 Å². The van der Waals surface area contributed by atoms with E-state index in [1.807, 2.05) is 0 Å². The maximum Gasteiger partial charge on any atom is 0.258 e. The molecule has 0 fully saturated rings. The second-order valence-corrected chi connectivity index (χ2v) is 3.96. The number of rotatable bonds is 8. The van der Waals surface area contributed by atoms with Crippen LogP contribution in [0.4, 0.5) is 4.39 Å². The van der Waals surface area contributed by atoms with Crippen LogP contribution < -0.4 is 10.1 Å². The Morgan fingerprint density at radius 2 is 2.21 bits per heavy atom. The number of ether oxygens (including phenoxy) is 2. The number of carbonyl (C=O) groups is 1. The Morgan fingerprint density at radius 3 is 2.89 bits per heavy atom. The fourth-order valence-electron chi connectivity index (χ4n) is 1.22. The third-order valence-electron chi connectivity index (χ3n) is 2.06. The molecule has 0 aliphatic heterocycles. The molecule has 0 aliphatic carbocycles. The van der Waals surface area contributed by atoms with Gasteiger partial charge >= 0.3 is 0 Å². The minimum absolute atomic E-state index is 0.0554. The standard InChI is InChI=1S/C12H15ClFNO4/c13-10-7-9(14)1-2-11(10)19-8-12(17)15-3-5-18-6-4-16/h1-2,7,16H,3-6,8H2,(H,15,17). The van der Waals surface area contributed by atoms with Crippen molar-refractivity contribution in [2.75, 3.05) is 33.0 Å². The summed E-state index contributed by atoms with van der Waals surface area (Å²) in [7, 11) is 0. The van der Waals surface area contributed by atoms with E-state index in [0.717, 1.165) is 6.07 Å². The molecule has 1 aromatic carbocycles. The van der Waals surface area contributed by atoms with Crippen LogP contribution in [0, 0.1) is 5.82 Å². The number of aliphatic hydroxyl groups excluding tert-OH is 1. The normalized spacial score (nSPS) is 10.3. The summed E-state index contributed by atoms with van der Waals surface area (Å²) in [4.78, 5) is 11.4.